The van der Waals surface area contributed by atoms with Crippen LogP contribution in [0.4, 0.5) is 0 Å². The Morgan fingerprint density at radius 1 is 1.67 bits per heavy atom. The summed E-state index contributed by atoms with van der Waals surface area (Å²) >= 11 is 0. The Morgan fingerprint density at radius 3 is 1.83 bits per heavy atom. The Balaban J connectivity index is 0. The molecule has 0 heterocycles. The van der Waals surface area contributed by atoms with Crippen molar-refractivity contribution < 1.29 is 4.79 Å². The minimum Gasteiger partial charge on any atom is -0.234 e. The van der Waals surface area contributed by atoms with E-state index in [2.05, 4.69) is 13.2 Å². The monoisotopic (exact) mass is 84.1 g/mol. The molecule has 0 saturated heterocycles. The van der Waals surface area contributed by atoms with E-state index in [0.29, 0.717) is 0 Å². The lowest BCUT2D eigenvalue weighted by Gasteiger charge is -1.31. The third-order valence-corrected chi connectivity index (χ3v) is 0.118. The molecule has 0 amide bonds. The van der Waals surface area contributed by atoms with Crippen molar-refractivity contribution in [2.75, 3.05) is 0 Å². The van der Waals surface area contributed by atoms with Crippen LogP contribution in [0.5, 0.6) is 0 Å². The van der Waals surface area contributed by atoms with Crippen LogP contribution < -0.4 is 0 Å². The minimum atomic E-state index is 1.32. The molecule has 34 valence electrons. The molecule has 0 saturated carbocycles. The highest BCUT2D eigenvalue weighted by Gasteiger charge is 1.31. The second-order valence-corrected chi connectivity index (χ2v) is 0.407. The minimum absolute atomic E-state index is 1.32. The van der Waals surface area contributed by atoms with Gasteiger partial charge in [0, 0.05) is 0 Å². The molecular weight excluding hydrogens is 76.1 g/mol. The molecule has 0 aliphatic rings. The zero-order chi connectivity index (χ0) is 5.41. The molecule has 0 aromatic carbocycles. The van der Waals surface area contributed by atoms with Crippen molar-refractivity contribution in [3.05, 3.63) is 19.2 Å². The van der Waals surface area contributed by atoms with Crippen molar-refractivity contribution in [2.45, 2.75) is 6.92 Å². The lowest BCUT2D eigenvalue weighted by molar-refractivity contribution is 0.568. The van der Waals surface area contributed by atoms with Gasteiger partial charge in [0.1, 0.15) is 5.94 Å². The molecular formula is C5H8O. The predicted octanol–water partition coefficient (Wildman–Crippen LogP) is 1.20. The van der Waals surface area contributed by atoms with Gasteiger partial charge in [0.25, 0.3) is 0 Å². The molecule has 0 radical (unpaired) electrons. The SMILES string of the molecule is C=C.CC=C=O. The lowest BCUT2D eigenvalue weighted by atomic mass is 10.8. The third kappa shape index (κ3) is 424. The van der Waals surface area contributed by atoms with Crippen LogP contribution in [0, 0.1) is 0 Å². The molecule has 1 heteroatoms. The van der Waals surface area contributed by atoms with Crippen molar-refractivity contribution in [1.29, 1.82) is 0 Å². The Morgan fingerprint density at radius 2 is 1.83 bits per heavy atom. The van der Waals surface area contributed by atoms with Crippen molar-refractivity contribution in [1.82, 2.24) is 0 Å². The summed E-state index contributed by atoms with van der Waals surface area (Å²) < 4.78 is 0. The van der Waals surface area contributed by atoms with Gasteiger partial charge in [-0.25, -0.2) is 4.79 Å². The van der Waals surface area contributed by atoms with Crippen molar-refractivity contribution in [2.24, 2.45) is 0 Å². The van der Waals surface area contributed by atoms with Crippen LogP contribution in [-0.4, -0.2) is 5.94 Å². The summed E-state index contributed by atoms with van der Waals surface area (Å²) in [5, 5.41) is 0. The number of allylic oxidation sites excluding steroid dienone is 1. The Hall–Kier alpha value is -0.810. The Bertz CT molecular complexity index is 51.0. The van der Waals surface area contributed by atoms with Crippen LogP contribution in [0.15, 0.2) is 19.2 Å². The molecule has 0 aromatic rings. The van der Waals surface area contributed by atoms with Gasteiger partial charge in [-0.05, 0) is 13.0 Å². The van der Waals surface area contributed by atoms with Gasteiger partial charge in [-0.1, -0.05) is 0 Å². The fraction of sp³-hybridized carbons (Fsp3) is 0.200. The normalized spacial score (nSPS) is 3.50. The summed E-state index contributed by atoms with van der Waals surface area (Å²) in [6.45, 7) is 7.63. The fourth-order valence-electron chi connectivity index (χ4n) is 0. The number of hydrogen-bond acceptors (Lipinski definition) is 1. The van der Waals surface area contributed by atoms with E-state index in [1.165, 1.54) is 6.08 Å². The number of hydrogen-bond donors (Lipinski definition) is 0. The first kappa shape index (κ1) is 8.95. The first-order chi connectivity index (χ1) is 2.91. The zero-order valence-corrected chi connectivity index (χ0v) is 3.90. The molecule has 0 aromatic heterocycles. The average molecular weight is 84.1 g/mol. The van der Waals surface area contributed by atoms with Crippen LogP contribution in [0.1, 0.15) is 6.92 Å². The molecule has 0 aliphatic carbocycles. The second kappa shape index (κ2) is 30.1. The first-order valence-corrected chi connectivity index (χ1v) is 1.57. The van der Waals surface area contributed by atoms with Crippen LogP contribution in [0.3, 0.4) is 0 Å². The van der Waals surface area contributed by atoms with Crippen molar-refractivity contribution in [3.63, 3.8) is 0 Å². The van der Waals surface area contributed by atoms with E-state index in [0.717, 1.165) is 0 Å². The summed E-state index contributed by atoms with van der Waals surface area (Å²) in [5.74, 6) is 1.56. The molecule has 0 bridgehead atoms. The molecule has 0 N–H and O–H groups in total. The van der Waals surface area contributed by atoms with Crippen LogP contribution in [-0.2, 0) is 4.79 Å². The summed E-state index contributed by atoms with van der Waals surface area (Å²) in [6.07, 6.45) is 1.32. The van der Waals surface area contributed by atoms with E-state index in [9.17, 15) is 0 Å². The summed E-state index contributed by atoms with van der Waals surface area (Å²) in [5.41, 5.74) is 0. The molecule has 0 unspecified atom stereocenters. The second-order valence-electron chi connectivity index (χ2n) is 0.407. The van der Waals surface area contributed by atoms with Crippen LogP contribution >= 0.6 is 0 Å². The summed E-state index contributed by atoms with van der Waals surface area (Å²) in [7, 11) is 0. The largest absolute Gasteiger partial charge is 0.234 e. The first-order valence-electron chi connectivity index (χ1n) is 1.57. The van der Waals surface area contributed by atoms with E-state index in [-0.39, 0.29) is 0 Å². The lowest BCUT2D eigenvalue weighted by Crippen LogP contribution is -1.32. The van der Waals surface area contributed by atoms with E-state index in [4.69, 9.17) is 4.79 Å². The Kier molecular flexibility index (Phi) is 44.9. The highest BCUT2D eigenvalue weighted by atomic mass is 16.1. The van der Waals surface area contributed by atoms with Gasteiger partial charge >= 0.3 is 0 Å². The highest BCUT2D eigenvalue weighted by Crippen LogP contribution is 1.36. The maximum atomic E-state index is 8.99. The van der Waals surface area contributed by atoms with Gasteiger partial charge in [-0.2, -0.15) is 0 Å². The van der Waals surface area contributed by atoms with Crippen molar-refractivity contribution in [3.8, 4) is 0 Å². The van der Waals surface area contributed by atoms with Gasteiger partial charge < -0.3 is 0 Å². The van der Waals surface area contributed by atoms with Gasteiger partial charge in [0.05, 0.1) is 0 Å². The van der Waals surface area contributed by atoms with Gasteiger partial charge in [0.15, 0.2) is 0 Å². The standard InChI is InChI=1S/C3H4O.C2H4/c1-2-3-4;1-2/h2H,1H3;1-2H2. The maximum absolute atomic E-state index is 8.99. The Labute approximate surface area is 38.0 Å². The van der Waals surface area contributed by atoms with Gasteiger partial charge in [0.2, 0.25) is 0 Å². The quantitative estimate of drug-likeness (QED) is 0.318. The third-order valence-electron chi connectivity index (χ3n) is 0.118. The smallest absolute Gasteiger partial charge is 0.119 e. The van der Waals surface area contributed by atoms with E-state index in [1.807, 2.05) is 0 Å². The van der Waals surface area contributed by atoms with Gasteiger partial charge in [-0.3, -0.25) is 0 Å². The molecule has 6 heavy (non-hydrogen) atoms. The average Bonchev–Trinajstić information content (AvgIpc) is 1.72. The molecule has 0 spiro atoms. The number of carbonyl (C=O) groups excluding carboxylic acids is 1. The predicted molar refractivity (Wildman–Crippen MR) is 27.2 cm³/mol. The molecule has 1 nitrogen and oxygen atoms in total. The van der Waals surface area contributed by atoms with E-state index >= 15 is 0 Å². The topological polar surface area (TPSA) is 17.1 Å². The maximum Gasteiger partial charge on any atom is 0.119 e. The van der Waals surface area contributed by atoms with Crippen LogP contribution in [0.25, 0.3) is 0 Å². The molecule has 0 rings (SSSR count). The van der Waals surface area contributed by atoms with Crippen LogP contribution in [0.2, 0.25) is 0 Å². The summed E-state index contributed by atoms with van der Waals surface area (Å²) in [4.78, 5) is 8.99. The summed E-state index contributed by atoms with van der Waals surface area (Å²) in [6, 6.07) is 0. The number of rotatable bonds is 0. The molecule has 0 atom stereocenters. The zero-order valence-electron chi connectivity index (χ0n) is 3.90. The van der Waals surface area contributed by atoms with Gasteiger partial charge in [-0.15, -0.1) is 13.2 Å². The highest BCUT2D eigenvalue weighted by molar-refractivity contribution is 5.43. The van der Waals surface area contributed by atoms with E-state index < -0.39 is 0 Å². The molecule has 0 aliphatic heterocycles. The van der Waals surface area contributed by atoms with Crippen molar-refractivity contribution >= 4 is 5.94 Å². The fourth-order valence-corrected chi connectivity index (χ4v) is 0. The molecule has 0 fully saturated rings. The van der Waals surface area contributed by atoms with E-state index in [1.54, 1.807) is 12.9 Å².